The van der Waals surface area contributed by atoms with Gasteiger partial charge in [0.1, 0.15) is 0 Å². The molecule has 21 heavy (non-hydrogen) atoms. The smallest absolute Gasteiger partial charge is 0.210 e. The average molecular weight is 327 g/mol. The predicted molar refractivity (Wildman–Crippen MR) is 83.4 cm³/mol. The van der Waals surface area contributed by atoms with E-state index in [9.17, 15) is 4.79 Å². The summed E-state index contributed by atoms with van der Waals surface area (Å²) in [6, 6.07) is 7.02. The zero-order chi connectivity index (χ0) is 15.4. The Hall–Kier alpha value is -1.72. The average Bonchev–Trinajstić information content (AvgIpc) is 2.91. The standard InChI is InChI=1S/C15H15ClO4S/c1-9-6-11(18-2)15(12(7-9)19-3)20-8-10(17)13-4-5-14(16)21-13/h4-7H,8H2,1-3H3. The first-order valence-corrected chi connectivity index (χ1v) is 7.38. The molecule has 0 saturated carbocycles. The molecule has 0 aliphatic rings. The van der Waals surface area contributed by atoms with Gasteiger partial charge in [-0.1, -0.05) is 11.6 Å². The lowest BCUT2D eigenvalue weighted by molar-refractivity contribution is 0.0921. The van der Waals surface area contributed by atoms with E-state index < -0.39 is 0 Å². The zero-order valence-electron chi connectivity index (χ0n) is 11.9. The lowest BCUT2D eigenvalue weighted by Gasteiger charge is -2.14. The Bertz CT molecular complexity index is 626. The third kappa shape index (κ3) is 3.68. The van der Waals surface area contributed by atoms with E-state index in [-0.39, 0.29) is 12.4 Å². The topological polar surface area (TPSA) is 44.8 Å². The van der Waals surface area contributed by atoms with Crippen molar-refractivity contribution in [3.05, 3.63) is 39.0 Å². The molecule has 1 heterocycles. The van der Waals surface area contributed by atoms with Crippen LogP contribution in [0.4, 0.5) is 0 Å². The molecular weight excluding hydrogens is 312 g/mol. The molecular formula is C15H15ClO4S. The van der Waals surface area contributed by atoms with Gasteiger partial charge in [-0.3, -0.25) is 4.79 Å². The molecule has 2 aromatic rings. The number of ether oxygens (including phenoxy) is 3. The van der Waals surface area contributed by atoms with Crippen LogP contribution in [-0.4, -0.2) is 26.6 Å². The van der Waals surface area contributed by atoms with Gasteiger partial charge in [-0.25, -0.2) is 0 Å². The van der Waals surface area contributed by atoms with Gasteiger partial charge in [-0.15, -0.1) is 11.3 Å². The third-order valence-electron chi connectivity index (χ3n) is 2.80. The number of carbonyl (C=O) groups excluding carboxylic acids is 1. The Labute approximate surface area is 132 Å². The Kier molecular flexibility index (Phi) is 5.09. The molecule has 0 bridgehead atoms. The Balaban J connectivity index is 2.17. The summed E-state index contributed by atoms with van der Waals surface area (Å²) < 4.78 is 16.7. The molecule has 1 aromatic carbocycles. The van der Waals surface area contributed by atoms with E-state index in [0.29, 0.717) is 26.5 Å². The van der Waals surface area contributed by atoms with Crippen molar-refractivity contribution in [3.8, 4) is 17.2 Å². The molecule has 0 aliphatic heterocycles. The molecule has 0 unspecified atom stereocenters. The lowest BCUT2D eigenvalue weighted by atomic mass is 10.2. The van der Waals surface area contributed by atoms with E-state index in [1.165, 1.54) is 11.3 Å². The number of hydrogen-bond acceptors (Lipinski definition) is 5. The van der Waals surface area contributed by atoms with Gasteiger partial charge in [0.2, 0.25) is 11.5 Å². The Morgan fingerprint density at radius 3 is 2.29 bits per heavy atom. The van der Waals surface area contributed by atoms with Crippen molar-refractivity contribution in [3.63, 3.8) is 0 Å². The number of Topliss-reactive ketones (excluding diaryl/α,β-unsaturated/α-hetero) is 1. The monoisotopic (exact) mass is 326 g/mol. The second-order valence-electron chi connectivity index (χ2n) is 4.31. The summed E-state index contributed by atoms with van der Waals surface area (Å²) in [6.07, 6.45) is 0. The highest BCUT2D eigenvalue weighted by Crippen LogP contribution is 2.38. The van der Waals surface area contributed by atoms with Crippen molar-refractivity contribution in [2.75, 3.05) is 20.8 Å². The van der Waals surface area contributed by atoms with Gasteiger partial charge < -0.3 is 14.2 Å². The largest absolute Gasteiger partial charge is 0.493 e. The zero-order valence-corrected chi connectivity index (χ0v) is 13.5. The van der Waals surface area contributed by atoms with Crippen LogP contribution in [0.1, 0.15) is 15.2 Å². The fourth-order valence-corrected chi connectivity index (χ4v) is 2.79. The summed E-state index contributed by atoms with van der Waals surface area (Å²) in [6.45, 7) is 1.82. The van der Waals surface area contributed by atoms with Crippen molar-refractivity contribution in [2.24, 2.45) is 0 Å². The van der Waals surface area contributed by atoms with E-state index in [1.54, 1.807) is 26.4 Å². The molecule has 0 radical (unpaired) electrons. The van der Waals surface area contributed by atoms with Crippen molar-refractivity contribution >= 4 is 28.7 Å². The normalized spacial score (nSPS) is 10.3. The number of methoxy groups -OCH3 is 2. The maximum atomic E-state index is 12.0. The first kappa shape index (κ1) is 15.7. The number of rotatable bonds is 6. The number of benzene rings is 1. The highest BCUT2D eigenvalue weighted by atomic mass is 35.5. The van der Waals surface area contributed by atoms with Crippen LogP contribution < -0.4 is 14.2 Å². The first-order valence-electron chi connectivity index (χ1n) is 6.19. The highest BCUT2D eigenvalue weighted by molar-refractivity contribution is 7.18. The predicted octanol–water partition coefficient (Wildman–Crippen LogP) is 3.99. The molecule has 0 fully saturated rings. The van der Waals surface area contributed by atoms with Gasteiger partial charge in [0.15, 0.2) is 18.1 Å². The van der Waals surface area contributed by atoms with E-state index in [4.69, 9.17) is 25.8 Å². The quantitative estimate of drug-likeness (QED) is 0.753. The number of aryl methyl sites for hydroxylation is 1. The molecule has 0 spiro atoms. The van der Waals surface area contributed by atoms with Gasteiger partial charge in [0, 0.05) is 0 Å². The Morgan fingerprint density at radius 1 is 1.19 bits per heavy atom. The molecule has 0 amide bonds. The van der Waals surface area contributed by atoms with Crippen molar-refractivity contribution in [2.45, 2.75) is 6.92 Å². The summed E-state index contributed by atoms with van der Waals surface area (Å²) >= 11 is 7.05. The SMILES string of the molecule is COc1cc(C)cc(OC)c1OCC(=O)c1ccc(Cl)s1. The number of carbonyl (C=O) groups is 1. The highest BCUT2D eigenvalue weighted by Gasteiger charge is 2.16. The second-order valence-corrected chi connectivity index (χ2v) is 6.03. The van der Waals surface area contributed by atoms with Crippen LogP contribution in [0.2, 0.25) is 4.34 Å². The van der Waals surface area contributed by atoms with Crippen LogP contribution in [0.15, 0.2) is 24.3 Å². The summed E-state index contributed by atoms with van der Waals surface area (Å²) in [7, 11) is 3.09. The maximum absolute atomic E-state index is 12.0. The molecule has 112 valence electrons. The number of hydrogen-bond donors (Lipinski definition) is 0. The van der Waals surface area contributed by atoms with E-state index >= 15 is 0 Å². The maximum Gasteiger partial charge on any atom is 0.210 e. The van der Waals surface area contributed by atoms with Crippen molar-refractivity contribution in [1.29, 1.82) is 0 Å². The van der Waals surface area contributed by atoms with E-state index in [0.717, 1.165) is 5.56 Å². The van der Waals surface area contributed by atoms with Crippen LogP contribution in [0.5, 0.6) is 17.2 Å². The molecule has 0 saturated heterocycles. The van der Waals surface area contributed by atoms with Gasteiger partial charge >= 0.3 is 0 Å². The molecule has 0 aliphatic carbocycles. The van der Waals surface area contributed by atoms with Crippen LogP contribution in [0.25, 0.3) is 0 Å². The minimum atomic E-state index is -0.142. The van der Waals surface area contributed by atoms with E-state index in [1.807, 2.05) is 19.1 Å². The van der Waals surface area contributed by atoms with Crippen LogP contribution >= 0.6 is 22.9 Å². The van der Waals surface area contributed by atoms with E-state index in [2.05, 4.69) is 0 Å². The van der Waals surface area contributed by atoms with Gasteiger partial charge in [0.05, 0.1) is 23.4 Å². The van der Waals surface area contributed by atoms with Gasteiger partial charge in [-0.2, -0.15) is 0 Å². The Morgan fingerprint density at radius 2 is 1.81 bits per heavy atom. The molecule has 0 N–H and O–H groups in total. The summed E-state index contributed by atoms with van der Waals surface area (Å²) in [5.41, 5.74) is 0.979. The second kappa shape index (κ2) is 6.83. The molecule has 2 rings (SSSR count). The molecule has 4 nitrogen and oxygen atoms in total. The lowest BCUT2D eigenvalue weighted by Crippen LogP contribution is -2.11. The minimum Gasteiger partial charge on any atom is -0.493 e. The number of halogens is 1. The molecule has 1 aromatic heterocycles. The molecule has 0 atom stereocenters. The van der Waals surface area contributed by atoms with Crippen molar-refractivity contribution < 1.29 is 19.0 Å². The van der Waals surface area contributed by atoms with Crippen LogP contribution in [-0.2, 0) is 0 Å². The number of ketones is 1. The third-order valence-corrected chi connectivity index (χ3v) is 4.07. The van der Waals surface area contributed by atoms with Crippen LogP contribution in [0.3, 0.4) is 0 Å². The van der Waals surface area contributed by atoms with Crippen molar-refractivity contribution in [1.82, 2.24) is 0 Å². The summed E-state index contributed by atoms with van der Waals surface area (Å²) in [4.78, 5) is 12.6. The summed E-state index contributed by atoms with van der Waals surface area (Å²) in [5.74, 6) is 1.34. The summed E-state index contributed by atoms with van der Waals surface area (Å²) in [5, 5.41) is 0. The van der Waals surface area contributed by atoms with Crippen LogP contribution in [0, 0.1) is 6.92 Å². The molecule has 6 heteroatoms. The van der Waals surface area contributed by atoms with Gasteiger partial charge in [0.25, 0.3) is 0 Å². The number of thiophene rings is 1. The first-order chi connectivity index (χ1) is 10.0. The minimum absolute atomic E-state index is 0.105. The van der Waals surface area contributed by atoms with Gasteiger partial charge in [-0.05, 0) is 36.8 Å². The fourth-order valence-electron chi connectivity index (χ4n) is 1.83. The fraction of sp³-hybridized carbons (Fsp3) is 0.267.